The molecule has 0 saturated carbocycles. The molecule has 0 bridgehead atoms. The minimum absolute atomic E-state index is 0.715. The molecule has 152 valence electrons. The van der Waals surface area contributed by atoms with Crippen LogP contribution >= 0.6 is 23.4 Å². The lowest BCUT2D eigenvalue weighted by Crippen LogP contribution is -2.00. The third-order valence-corrected chi connectivity index (χ3v) is 6.29. The summed E-state index contributed by atoms with van der Waals surface area (Å²) in [7, 11) is 0. The van der Waals surface area contributed by atoms with Crippen LogP contribution < -0.4 is 0 Å². The molecule has 3 nitrogen and oxygen atoms in total. The number of aromatic nitrogens is 3. The Kier molecular flexibility index (Phi) is 6.88. The topological polar surface area (TPSA) is 30.7 Å². The van der Waals surface area contributed by atoms with Gasteiger partial charge in [0.2, 0.25) is 0 Å². The van der Waals surface area contributed by atoms with E-state index in [0.717, 1.165) is 47.2 Å². The van der Waals surface area contributed by atoms with Gasteiger partial charge in [0.1, 0.15) is 0 Å². The van der Waals surface area contributed by atoms with Crippen LogP contribution in [0.4, 0.5) is 0 Å². The molecule has 5 heteroatoms. The molecular weight excluding hydrogens is 410 g/mol. The molecule has 0 unspecified atom stereocenters. The van der Waals surface area contributed by atoms with Crippen LogP contribution in [0.25, 0.3) is 17.1 Å². The van der Waals surface area contributed by atoms with Crippen LogP contribution in [0.15, 0.2) is 84.0 Å². The lowest BCUT2D eigenvalue weighted by molar-refractivity contribution is 0.874. The highest BCUT2D eigenvalue weighted by Crippen LogP contribution is 2.29. The number of hydrogen-bond acceptors (Lipinski definition) is 3. The predicted octanol–water partition coefficient (Wildman–Crippen LogP) is 6.88. The first-order chi connectivity index (χ1) is 14.7. The lowest BCUT2D eigenvalue weighted by atomic mass is 10.1. The molecule has 0 aliphatic rings. The van der Waals surface area contributed by atoms with Crippen LogP contribution in [-0.2, 0) is 12.8 Å². The molecule has 0 fully saturated rings. The van der Waals surface area contributed by atoms with E-state index < -0.39 is 0 Å². The first-order valence-corrected chi connectivity index (χ1v) is 11.6. The second-order valence-corrected chi connectivity index (χ2v) is 8.60. The molecule has 0 radical (unpaired) electrons. The van der Waals surface area contributed by atoms with Crippen LogP contribution in [0.5, 0.6) is 0 Å². The van der Waals surface area contributed by atoms with Crippen molar-refractivity contribution >= 4 is 23.4 Å². The van der Waals surface area contributed by atoms with E-state index in [4.69, 9.17) is 11.6 Å². The molecule has 0 aliphatic carbocycles. The molecule has 3 aromatic carbocycles. The van der Waals surface area contributed by atoms with Gasteiger partial charge in [0.25, 0.3) is 0 Å². The van der Waals surface area contributed by atoms with Crippen LogP contribution in [0, 0.1) is 0 Å². The maximum atomic E-state index is 6.08. The minimum Gasteiger partial charge on any atom is -0.270 e. The van der Waals surface area contributed by atoms with Gasteiger partial charge in [-0.25, -0.2) is 0 Å². The summed E-state index contributed by atoms with van der Waals surface area (Å²) >= 11 is 7.84. The van der Waals surface area contributed by atoms with Crippen molar-refractivity contribution < 1.29 is 0 Å². The summed E-state index contributed by atoms with van der Waals surface area (Å²) in [5.41, 5.74) is 4.77. The maximum Gasteiger partial charge on any atom is 0.196 e. The van der Waals surface area contributed by atoms with Crippen molar-refractivity contribution in [3.63, 3.8) is 0 Å². The Morgan fingerprint density at radius 2 is 1.57 bits per heavy atom. The van der Waals surface area contributed by atoms with Crippen molar-refractivity contribution in [1.29, 1.82) is 0 Å². The van der Waals surface area contributed by atoms with Gasteiger partial charge in [0.05, 0.1) is 0 Å². The van der Waals surface area contributed by atoms with E-state index in [-0.39, 0.29) is 0 Å². The van der Waals surface area contributed by atoms with Crippen molar-refractivity contribution in [2.24, 2.45) is 0 Å². The first kappa shape index (κ1) is 20.7. The highest BCUT2D eigenvalue weighted by molar-refractivity contribution is 7.99. The first-order valence-electron chi connectivity index (χ1n) is 10.2. The summed E-state index contributed by atoms with van der Waals surface area (Å²) in [5.74, 6) is 1.82. The summed E-state index contributed by atoms with van der Waals surface area (Å²) in [6.07, 6.45) is 3.18. The third-order valence-electron chi connectivity index (χ3n) is 5.02. The molecule has 1 heterocycles. The van der Waals surface area contributed by atoms with E-state index >= 15 is 0 Å². The fourth-order valence-electron chi connectivity index (χ4n) is 3.35. The number of hydrogen-bond donors (Lipinski definition) is 0. The summed E-state index contributed by atoms with van der Waals surface area (Å²) in [6, 6.07) is 27.0. The standard InChI is InChI=1S/C25H24ClN3S/c1-2-19-10-16-23(17-11-19)29-24(21-12-14-22(26)15-13-21)27-28-25(29)30-18-6-9-20-7-4-3-5-8-20/h3-5,7-8,10-17H,2,6,9,18H2,1H3. The van der Waals surface area contributed by atoms with Gasteiger partial charge in [0.15, 0.2) is 11.0 Å². The average Bonchev–Trinajstić information content (AvgIpc) is 3.22. The van der Waals surface area contributed by atoms with Crippen molar-refractivity contribution in [3.05, 3.63) is 95.0 Å². The molecule has 30 heavy (non-hydrogen) atoms. The van der Waals surface area contributed by atoms with E-state index in [9.17, 15) is 0 Å². The quantitative estimate of drug-likeness (QED) is 0.224. The number of rotatable bonds is 8. The minimum atomic E-state index is 0.715. The maximum absolute atomic E-state index is 6.08. The van der Waals surface area contributed by atoms with E-state index in [0.29, 0.717) is 5.02 Å². The molecule has 0 N–H and O–H groups in total. The second kappa shape index (κ2) is 9.96. The Hall–Kier alpha value is -2.56. The molecule has 0 spiro atoms. The Labute approximate surface area is 187 Å². The fourth-order valence-corrected chi connectivity index (χ4v) is 4.36. The highest BCUT2D eigenvalue weighted by Gasteiger charge is 2.16. The van der Waals surface area contributed by atoms with Gasteiger partial charge in [-0.15, -0.1) is 10.2 Å². The van der Waals surface area contributed by atoms with E-state index in [2.05, 4.69) is 76.3 Å². The van der Waals surface area contributed by atoms with Crippen molar-refractivity contribution in [2.45, 2.75) is 31.3 Å². The Balaban J connectivity index is 1.58. The number of benzene rings is 3. The molecule has 0 amide bonds. The zero-order chi connectivity index (χ0) is 20.8. The molecule has 0 saturated heterocycles. The monoisotopic (exact) mass is 433 g/mol. The SMILES string of the molecule is CCc1ccc(-n2c(SCCCc3ccccc3)nnc2-c2ccc(Cl)cc2)cc1. The third kappa shape index (κ3) is 4.94. The van der Waals surface area contributed by atoms with Gasteiger partial charge >= 0.3 is 0 Å². The molecule has 0 atom stereocenters. The van der Waals surface area contributed by atoms with E-state index in [1.54, 1.807) is 11.8 Å². The zero-order valence-corrected chi connectivity index (χ0v) is 18.5. The molecule has 0 aliphatic heterocycles. The average molecular weight is 434 g/mol. The van der Waals surface area contributed by atoms with Crippen LogP contribution in [0.1, 0.15) is 24.5 Å². The van der Waals surface area contributed by atoms with Gasteiger partial charge in [-0.2, -0.15) is 0 Å². The number of thioether (sulfide) groups is 1. The van der Waals surface area contributed by atoms with Gasteiger partial charge in [-0.05, 0) is 66.8 Å². The smallest absolute Gasteiger partial charge is 0.196 e. The van der Waals surface area contributed by atoms with Crippen molar-refractivity contribution in [1.82, 2.24) is 14.8 Å². The van der Waals surface area contributed by atoms with Gasteiger partial charge < -0.3 is 0 Å². The second-order valence-electron chi connectivity index (χ2n) is 7.11. The summed E-state index contributed by atoms with van der Waals surface area (Å²) in [4.78, 5) is 0. The fraction of sp³-hybridized carbons (Fsp3) is 0.200. The van der Waals surface area contributed by atoms with Gasteiger partial charge in [-0.1, -0.05) is 72.8 Å². The van der Waals surface area contributed by atoms with Gasteiger partial charge in [-0.3, -0.25) is 4.57 Å². The molecular formula is C25H24ClN3S. The lowest BCUT2D eigenvalue weighted by Gasteiger charge is -2.11. The number of aryl methyl sites for hydroxylation is 2. The predicted molar refractivity (Wildman–Crippen MR) is 127 cm³/mol. The van der Waals surface area contributed by atoms with Crippen LogP contribution in [0.3, 0.4) is 0 Å². The molecule has 1 aromatic heterocycles. The summed E-state index contributed by atoms with van der Waals surface area (Å²) in [5, 5.41) is 10.7. The number of nitrogens with zero attached hydrogens (tertiary/aromatic N) is 3. The number of halogens is 1. The van der Waals surface area contributed by atoms with E-state index in [1.807, 2.05) is 24.3 Å². The van der Waals surface area contributed by atoms with E-state index in [1.165, 1.54) is 11.1 Å². The highest BCUT2D eigenvalue weighted by atomic mass is 35.5. The van der Waals surface area contributed by atoms with Crippen molar-refractivity contribution in [3.8, 4) is 17.1 Å². The normalized spacial score (nSPS) is 11.0. The summed E-state index contributed by atoms with van der Waals surface area (Å²) in [6.45, 7) is 2.17. The Bertz CT molecular complexity index is 1070. The Morgan fingerprint density at radius 1 is 0.833 bits per heavy atom. The largest absolute Gasteiger partial charge is 0.270 e. The van der Waals surface area contributed by atoms with Gasteiger partial charge in [0, 0.05) is 22.0 Å². The zero-order valence-electron chi connectivity index (χ0n) is 17.0. The Morgan fingerprint density at radius 3 is 2.27 bits per heavy atom. The van der Waals surface area contributed by atoms with Crippen LogP contribution in [-0.4, -0.2) is 20.5 Å². The van der Waals surface area contributed by atoms with Crippen LogP contribution in [0.2, 0.25) is 5.02 Å². The van der Waals surface area contributed by atoms with Crippen molar-refractivity contribution in [2.75, 3.05) is 5.75 Å². The summed E-state index contributed by atoms with van der Waals surface area (Å²) < 4.78 is 2.15. The molecule has 4 rings (SSSR count). The molecule has 4 aromatic rings.